The molecule has 0 fully saturated rings. The molecule has 0 aliphatic carbocycles. The van der Waals surface area contributed by atoms with Crippen molar-refractivity contribution >= 4 is 0 Å². The zero-order chi connectivity index (χ0) is 9.52. The lowest BCUT2D eigenvalue weighted by Gasteiger charge is -2.02. The molecule has 1 aromatic rings. The quantitative estimate of drug-likeness (QED) is 0.639. The van der Waals surface area contributed by atoms with E-state index in [0.717, 1.165) is 12.2 Å². The van der Waals surface area contributed by atoms with E-state index in [1.54, 1.807) is 0 Å². The molecule has 1 aromatic carbocycles. The van der Waals surface area contributed by atoms with Crippen LogP contribution in [0.3, 0.4) is 0 Å². The topological polar surface area (TPSA) is 9.23 Å². The summed E-state index contributed by atoms with van der Waals surface area (Å²) >= 11 is 0. The van der Waals surface area contributed by atoms with Gasteiger partial charge in [0, 0.05) is 0 Å². The van der Waals surface area contributed by atoms with E-state index in [1.807, 2.05) is 18.2 Å². The Bertz CT molecular complexity index is 259. The van der Waals surface area contributed by atoms with Gasteiger partial charge in [-0.15, -0.1) is 0 Å². The first-order valence-electron chi connectivity index (χ1n) is 4.67. The molecule has 0 unspecified atom stereocenters. The summed E-state index contributed by atoms with van der Waals surface area (Å²) in [4.78, 5) is 0. The van der Waals surface area contributed by atoms with Crippen molar-refractivity contribution in [3.63, 3.8) is 0 Å². The molecule has 70 valence electrons. The van der Waals surface area contributed by atoms with Gasteiger partial charge in [-0.3, -0.25) is 0 Å². The van der Waals surface area contributed by atoms with E-state index in [-0.39, 0.29) is 0 Å². The fourth-order valence-electron chi connectivity index (χ4n) is 1.01. The smallest absolute Gasteiger partial charge is 0.119 e. The summed E-state index contributed by atoms with van der Waals surface area (Å²) in [7, 11) is 0. The molecule has 0 spiro atoms. The van der Waals surface area contributed by atoms with Crippen LogP contribution in [0.1, 0.15) is 18.9 Å². The van der Waals surface area contributed by atoms with E-state index < -0.39 is 0 Å². The first kappa shape index (κ1) is 9.85. The Labute approximate surface area is 80.0 Å². The van der Waals surface area contributed by atoms with E-state index in [0.29, 0.717) is 6.61 Å². The van der Waals surface area contributed by atoms with Gasteiger partial charge in [-0.25, -0.2) is 0 Å². The number of hydrogen-bond acceptors (Lipinski definition) is 1. The van der Waals surface area contributed by atoms with Crippen LogP contribution >= 0.6 is 0 Å². The van der Waals surface area contributed by atoms with Crippen LogP contribution in [-0.2, 0) is 0 Å². The molecule has 1 heteroatoms. The maximum Gasteiger partial charge on any atom is 0.119 e. The Morgan fingerprint density at radius 1 is 1.15 bits per heavy atom. The zero-order valence-corrected chi connectivity index (χ0v) is 8.29. The highest BCUT2D eigenvalue weighted by atomic mass is 16.5. The Hall–Kier alpha value is -1.24. The van der Waals surface area contributed by atoms with Gasteiger partial charge in [0.2, 0.25) is 0 Å². The first-order valence-corrected chi connectivity index (χ1v) is 4.67. The van der Waals surface area contributed by atoms with Crippen molar-refractivity contribution in [2.24, 2.45) is 0 Å². The van der Waals surface area contributed by atoms with Crippen LogP contribution in [0, 0.1) is 6.92 Å². The lowest BCUT2D eigenvalue weighted by molar-refractivity contribution is 0.362. The van der Waals surface area contributed by atoms with Gasteiger partial charge in [0.1, 0.15) is 12.4 Å². The highest BCUT2D eigenvalue weighted by molar-refractivity contribution is 5.26. The highest BCUT2D eigenvalue weighted by Crippen LogP contribution is 2.10. The largest absolute Gasteiger partial charge is 0.490 e. The number of rotatable bonds is 4. The molecule has 0 N–H and O–H groups in total. The summed E-state index contributed by atoms with van der Waals surface area (Å²) in [6.07, 6.45) is 5.21. The van der Waals surface area contributed by atoms with Crippen LogP contribution in [0.2, 0.25) is 0 Å². The number of allylic oxidation sites excluding steroid dienone is 1. The van der Waals surface area contributed by atoms with Gasteiger partial charge in [-0.1, -0.05) is 36.8 Å². The van der Waals surface area contributed by atoms with Crippen molar-refractivity contribution in [3.05, 3.63) is 42.0 Å². The molecule has 0 aromatic heterocycles. The Kier molecular flexibility index (Phi) is 4.10. The minimum atomic E-state index is 0.664. The average Bonchev–Trinajstić information content (AvgIpc) is 2.15. The van der Waals surface area contributed by atoms with E-state index in [2.05, 4.69) is 32.1 Å². The summed E-state index contributed by atoms with van der Waals surface area (Å²) in [5.41, 5.74) is 1.26. The molecule has 0 atom stereocenters. The monoisotopic (exact) mass is 176 g/mol. The summed E-state index contributed by atoms with van der Waals surface area (Å²) in [6.45, 7) is 4.85. The zero-order valence-electron chi connectivity index (χ0n) is 8.29. The number of ether oxygens (including phenoxy) is 1. The average molecular weight is 176 g/mol. The molecule has 0 bridgehead atoms. The van der Waals surface area contributed by atoms with Gasteiger partial charge in [-0.05, 0) is 25.5 Å². The van der Waals surface area contributed by atoms with Gasteiger partial charge in [0.15, 0.2) is 0 Å². The Morgan fingerprint density at radius 2 is 1.85 bits per heavy atom. The summed E-state index contributed by atoms with van der Waals surface area (Å²) in [6, 6.07) is 8.10. The van der Waals surface area contributed by atoms with Gasteiger partial charge in [0.25, 0.3) is 0 Å². The van der Waals surface area contributed by atoms with Gasteiger partial charge < -0.3 is 4.74 Å². The van der Waals surface area contributed by atoms with Crippen LogP contribution in [-0.4, -0.2) is 6.61 Å². The molecule has 0 saturated carbocycles. The van der Waals surface area contributed by atoms with E-state index in [4.69, 9.17) is 4.74 Å². The minimum Gasteiger partial charge on any atom is -0.490 e. The molecule has 0 heterocycles. The van der Waals surface area contributed by atoms with Crippen LogP contribution in [0.15, 0.2) is 36.4 Å². The molecule has 0 amide bonds. The molecule has 0 aliphatic rings. The molecule has 13 heavy (non-hydrogen) atoms. The second kappa shape index (κ2) is 5.41. The van der Waals surface area contributed by atoms with Crippen molar-refractivity contribution in [2.75, 3.05) is 6.61 Å². The van der Waals surface area contributed by atoms with E-state index >= 15 is 0 Å². The number of aryl methyl sites for hydroxylation is 1. The van der Waals surface area contributed by atoms with Crippen molar-refractivity contribution in [2.45, 2.75) is 20.3 Å². The normalized spacial score (nSPS) is 10.6. The molecular formula is C12H16O. The van der Waals surface area contributed by atoms with E-state index in [1.165, 1.54) is 5.56 Å². The third-order valence-corrected chi connectivity index (χ3v) is 1.77. The van der Waals surface area contributed by atoms with Gasteiger partial charge >= 0.3 is 0 Å². The van der Waals surface area contributed by atoms with Crippen LogP contribution < -0.4 is 4.74 Å². The van der Waals surface area contributed by atoms with Crippen molar-refractivity contribution < 1.29 is 4.74 Å². The summed E-state index contributed by atoms with van der Waals surface area (Å²) < 4.78 is 5.48. The highest BCUT2D eigenvalue weighted by Gasteiger charge is 1.89. The maximum absolute atomic E-state index is 5.48. The van der Waals surface area contributed by atoms with Crippen LogP contribution in [0.25, 0.3) is 0 Å². The van der Waals surface area contributed by atoms with Crippen molar-refractivity contribution in [1.29, 1.82) is 0 Å². The first-order chi connectivity index (χ1) is 6.33. The lowest BCUT2D eigenvalue weighted by Crippen LogP contribution is -1.92. The molecule has 0 saturated heterocycles. The molecule has 1 nitrogen and oxygen atoms in total. The van der Waals surface area contributed by atoms with Crippen molar-refractivity contribution in [1.82, 2.24) is 0 Å². The van der Waals surface area contributed by atoms with E-state index in [9.17, 15) is 0 Å². The third-order valence-electron chi connectivity index (χ3n) is 1.77. The number of hydrogen-bond donors (Lipinski definition) is 0. The Balaban J connectivity index is 2.37. The third kappa shape index (κ3) is 3.79. The van der Waals surface area contributed by atoms with Crippen molar-refractivity contribution in [3.8, 4) is 5.75 Å². The lowest BCUT2D eigenvalue weighted by atomic mass is 10.2. The Morgan fingerprint density at radius 3 is 2.46 bits per heavy atom. The fraction of sp³-hybridized carbons (Fsp3) is 0.333. The maximum atomic E-state index is 5.48. The van der Waals surface area contributed by atoms with Crippen LogP contribution in [0.5, 0.6) is 5.75 Å². The minimum absolute atomic E-state index is 0.664. The standard InChI is InChI=1S/C12H16O/c1-3-4-5-10-13-12-8-6-11(2)7-9-12/h4-9H,3,10H2,1-2H3/b5-4+. The van der Waals surface area contributed by atoms with Gasteiger partial charge in [-0.2, -0.15) is 0 Å². The fourth-order valence-corrected chi connectivity index (χ4v) is 1.01. The predicted molar refractivity (Wildman–Crippen MR) is 56.1 cm³/mol. The van der Waals surface area contributed by atoms with Crippen LogP contribution in [0.4, 0.5) is 0 Å². The summed E-state index contributed by atoms with van der Waals surface area (Å²) in [5, 5.41) is 0. The predicted octanol–water partition coefficient (Wildman–Crippen LogP) is 3.34. The molecular weight excluding hydrogens is 160 g/mol. The second-order valence-electron chi connectivity index (χ2n) is 3.00. The molecule has 1 rings (SSSR count). The molecule has 0 aliphatic heterocycles. The number of benzene rings is 1. The molecule has 0 radical (unpaired) electrons. The second-order valence-corrected chi connectivity index (χ2v) is 3.00. The van der Waals surface area contributed by atoms with Gasteiger partial charge in [0.05, 0.1) is 0 Å². The SMILES string of the molecule is CC/C=C/COc1ccc(C)cc1. The summed E-state index contributed by atoms with van der Waals surface area (Å²) in [5.74, 6) is 0.936.